The molecular weight excluding hydrogens is 422 g/mol. The van der Waals surface area contributed by atoms with Crippen LogP contribution in [-0.2, 0) is 11.3 Å². The lowest BCUT2D eigenvalue weighted by atomic mass is 10.00. The standard InChI is InChI=1S/C24H31N5O2S/c1-16-9-11-28(12-10-16)23-26-27-24(29(23)15-18-6-5-13-31-18)32-17(2)22(30)20-14-25-21-8-4-3-7-19(20)21/h3-4,7-8,14,16-18,25H,5-6,9-13,15H2,1-2H3/t17-,18-/m1/s1. The van der Waals surface area contributed by atoms with E-state index in [9.17, 15) is 4.79 Å². The zero-order valence-electron chi connectivity index (χ0n) is 18.8. The van der Waals surface area contributed by atoms with Crippen LogP contribution in [-0.4, -0.2) is 56.6 Å². The highest BCUT2D eigenvalue weighted by Crippen LogP contribution is 2.32. The minimum atomic E-state index is -0.268. The van der Waals surface area contributed by atoms with Crippen molar-refractivity contribution in [2.24, 2.45) is 5.92 Å². The maximum absolute atomic E-state index is 13.3. The number of aromatic amines is 1. The summed E-state index contributed by atoms with van der Waals surface area (Å²) in [5.74, 6) is 1.78. The van der Waals surface area contributed by atoms with E-state index in [0.717, 1.165) is 72.6 Å². The van der Waals surface area contributed by atoms with Crippen LogP contribution in [0.4, 0.5) is 5.95 Å². The third-order valence-electron chi connectivity index (χ3n) is 6.68. The van der Waals surface area contributed by atoms with Gasteiger partial charge in [-0.05, 0) is 44.6 Å². The molecule has 4 heterocycles. The van der Waals surface area contributed by atoms with Gasteiger partial charge in [-0.2, -0.15) is 0 Å². The van der Waals surface area contributed by atoms with Gasteiger partial charge in [-0.15, -0.1) is 10.2 Å². The quantitative estimate of drug-likeness (QED) is 0.418. The first kappa shape index (κ1) is 21.5. The van der Waals surface area contributed by atoms with E-state index in [0.29, 0.717) is 0 Å². The predicted molar refractivity (Wildman–Crippen MR) is 128 cm³/mol. The van der Waals surface area contributed by atoms with Crippen molar-refractivity contribution in [1.82, 2.24) is 19.7 Å². The van der Waals surface area contributed by atoms with Gasteiger partial charge in [0.2, 0.25) is 5.95 Å². The van der Waals surface area contributed by atoms with Crippen molar-refractivity contribution >= 4 is 34.4 Å². The summed E-state index contributed by atoms with van der Waals surface area (Å²) in [4.78, 5) is 18.8. The van der Waals surface area contributed by atoms with Crippen LogP contribution in [0.3, 0.4) is 0 Å². The maximum atomic E-state index is 13.3. The summed E-state index contributed by atoms with van der Waals surface area (Å²) in [7, 11) is 0. The number of ether oxygens (including phenoxy) is 1. The molecule has 2 aliphatic rings. The Balaban J connectivity index is 1.38. The predicted octanol–water partition coefficient (Wildman–Crippen LogP) is 4.54. The van der Waals surface area contributed by atoms with Gasteiger partial charge in [-0.1, -0.05) is 36.9 Å². The molecule has 170 valence electrons. The number of nitrogens with one attached hydrogen (secondary N) is 1. The Hall–Kier alpha value is -2.32. The third kappa shape index (κ3) is 4.30. The van der Waals surface area contributed by atoms with Crippen molar-refractivity contribution in [3.63, 3.8) is 0 Å². The van der Waals surface area contributed by atoms with Crippen molar-refractivity contribution < 1.29 is 9.53 Å². The van der Waals surface area contributed by atoms with Crippen LogP contribution in [0.5, 0.6) is 0 Å². The molecule has 0 amide bonds. The molecule has 32 heavy (non-hydrogen) atoms. The zero-order valence-corrected chi connectivity index (χ0v) is 19.6. The number of piperidine rings is 1. The van der Waals surface area contributed by atoms with E-state index < -0.39 is 0 Å². The number of benzene rings is 1. The molecule has 7 nitrogen and oxygen atoms in total. The fraction of sp³-hybridized carbons (Fsp3) is 0.542. The molecule has 2 saturated heterocycles. The smallest absolute Gasteiger partial charge is 0.228 e. The number of nitrogens with zero attached hydrogens (tertiary/aromatic N) is 4. The molecule has 1 aromatic carbocycles. The first-order valence-electron chi connectivity index (χ1n) is 11.7. The first-order chi connectivity index (χ1) is 15.6. The number of ketones is 1. The van der Waals surface area contributed by atoms with Crippen LogP contribution in [0.25, 0.3) is 10.9 Å². The molecule has 1 N–H and O–H groups in total. The molecule has 0 bridgehead atoms. The van der Waals surface area contributed by atoms with Gasteiger partial charge in [0, 0.05) is 42.4 Å². The summed E-state index contributed by atoms with van der Waals surface area (Å²) in [6.07, 6.45) is 6.51. The highest BCUT2D eigenvalue weighted by molar-refractivity contribution is 8.00. The van der Waals surface area contributed by atoms with Crippen LogP contribution in [0, 0.1) is 5.92 Å². The molecule has 8 heteroatoms. The fourth-order valence-electron chi connectivity index (χ4n) is 4.67. The van der Waals surface area contributed by atoms with Gasteiger partial charge < -0.3 is 14.6 Å². The van der Waals surface area contributed by atoms with E-state index in [1.54, 1.807) is 0 Å². The number of Topliss-reactive ketones (excluding diaryl/α,β-unsaturated/α-hetero) is 1. The van der Waals surface area contributed by atoms with E-state index in [2.05, 4.69) is 31.6 Å². The maximum Gasteiger partial charge on any atom is 0.228 e. The molecular formula is C24H31N5O2S. The monoisotopic (exact) mass is 453 g/mol. The first-order valence-corrected chi connectivity index (χ1v) is 12.5. The molecule has 0 spiro atoms. The van der Waals surface area contributed by atoms with E-state index in [1.807, 2.05) is 37.4 Å². The number of anilines is 1. The molecule has 3 aromatic rings. The topological polar surface area (TPSA) is 76.0 Å². The van der Waals surface area contributed by atoms with E-state index >= 15 is 0 Å². The van der Waals surface area contributed by atoms with Crippen LogP contribution in [0.15, 0.2) is 35.6 Å². The van der Waals surface area contributed by atoms with Gasteiger partial charge in [0.1, 0.15) is 0 Å². The zero-order chi connectivity index (χ0) is 22.1. The van der Waals surface area contributed by atoms with Gasteiger partial charge in [0.25, 0.3) is 0 Å². The second-order valence-corrected chi connectivity index (χ2v) is 10.4. The van der Waals surface area contributed by atoms with E-state index in [4.69, 9.17) is 4.74 Å². The summed E-state index contributed by atoms with van der Waals surface area (Å²) >= 11 is 1.50. The van der Waals surface area contributed by atoms with Crippen LogP contribution >= 0.6 is 11.8 Å². The Labute approximate surface area is 192 Å². The fourth-order valence-corrected chi connectivity index (χ4v) is 5.59. The number of aromatic nitrogens is 4. The summed E-state index contributed by atoms with van der Waals surface area (Å²) < 4.78 is 8.12. The van der Waals surface area contributed by atoms with Crippen molar-refractivity contribution in [2.45, 2.75) is 62.6 Å². The normalized spacial score (nSPS) is 20.8. The van der Waals surface area contributed by atoms with Crippen LogP contribution in [0.2, 0.25) is 0 Å². The van der Waals surface area contributed by atoms with Crippen molar-refractivity contribution in [1.29, 1.82) is 0 Å². The Kier molecular flexibility index (Phi) is 6.24. The number of carbonyl (C=O) groups is 1. The Morgan fingerprint density at radius 2 is 2.06 bits per heavy atom. The minimum Gasteiger partial charge on any atom is -0.376 e. The number of rotatable bonds is 7. The Morgan fingerprint density at radius 3 is 2.84 bits per heavy atom. The average Bonchev–Trinajstić information content (AvgIpc) is 3.55. The number of hydrogen-bond donors (Lipinski definition) is 1. The number of carbonyl (C=O) groups excluding carboxylic acids is 1. The van der Waals surface area contributed by atoms with Crippen LogP contribution in [0.1, 0.15) is 49.9 Å². The van der Waals surface area contributed by atoms with Gasteiger partial charge in [-0.3, -0.25) is 9.36 Å². The lowest BCUT2D eigenvalue weighted by Crippen LogP contribution is -2.35. The van der Waals surface area contributed by atoms with Gasteiger partial charge >= 0.3 is 0 Å². The second kappa shape index (κ2) is 9.27. The van der Waals surface area contributed by atoms with E-state index in [-0.39, 0.29) is 17.1 Å². The van der Waals surface area contributed by atoms with Gasteiger partial charge in [0.15, 0.2) is 10.9 Å². The average molecular weight is 454 g/mol. The highest BCUT2D eigenvalue weighted by atomic mass is 32.2. The second-order valence-electron chi connectivity index (χ2n) is 9.07. The number of para-hydroxylation sites is 1. The number of H-pyrrole nitrogens is 1. The molecule has 2 fully saturated rings. The van der Waals surface area contributed by atoms with E-state index in [1.165, 1.54) is 24.6 Å². The minimum absolute atomic E-state index is 0.104. The lowest BCUT2D eigenvalue weighted by Gasteiger charge is -2.31. The SMILES string of the molecule is CC1CCN(c2nnc(S[C@H](C)C(=O)c3c[nH]c4ccccc34)n2C[C@H]2CCCO2)CC1. The largest absolute Gasteiger partial charge is 0.376 e. The van der Waals surface area contributed by atoms with Gasteiger partial charge in [-0.25, -0.2) is 0 Å². The van der Waals surface area contributed by atoms with Crippen LogP contribution < -0.4 is 4.90 Å². The third-order valence-corrected chi connectivity index (χ3v) is 7.76. The molecule has 0 radical (unpaired) electrons. The lowest BCUT2D eigenvalue weighted by molar-refractivity contribution is 0.0951. The number of hydrogen-bond acceptors (Lipinski definition) is 6. The Bertz CT molecular complexity index is 1080. The van der Waals surface area contributed by atoms with Gasteiger partial charge in [0.05, 0.1) is 17.9 Å². The molecule has 2 aromatic heterocycles. The van der Waals surface area contributed by atoms with Crippen molar-refractivity contribution in [3.8, 4) is 0 Å². The summed E-state index contributed by atoms with van der Waals surface area (Å²) in [5.41, 5.74) is 1.72. The molecule has 5 rings (SSSR count). The molecule has 0 unspecified atom stereocenters. The molecule has 2 aliphatic heterocycles. The molecule has 2 atom stereocenters. The molecule has 0 saturated carbocycles. The summed E-state index contributed by atoms with van der Waals surface area (Å²) in [6.45, 7) is 7.83. The van der Waals surface area contributed by atoms with Crippen molar-refractivity contribution in [3.05, 3.63) is 36.0 Å². The summed E-state index contributed by atoms with van der Waals surface area (Å²) in [5, 5.41) is 10.6. The van der Waals surface area contributed by atoms with Crippen molar-refractivity contribution in [2.75, 3.05) is 24.6 Å². The summed E-state index contributed by atoms with van der Waals surface area (Å²) in [6, 6.07) is 7.93. The number of fused-ring (bicyclic) bond motifs is 1. The number of thioether (sulfide) groups is 1. The Morgan fingerprint density at radius 1 is 1.25 bits per heavy atom. The highest BCUT2D eigenvalue weighted by Gasteiger charge is 2.28. The molecule has 0 aliphatic carbocycles.